The molecule has 0 spiro atoms. The molecule has 0 fully saturated rings. The van der Waals surface area contributed by atoms with Gasteiger partial charge in [0.05, 0.1) is 19.3 Å². The van der Waals surface area contributed by atoms with Crippen molar-refractivity contribution >= 4 is 0 Å². The summed E-state index contributed by atoms with van der Waals surface area (Å²) in [6, 6.07) is 5.67. The third kappa shape index (κ3) is 2.47. The van der Waals surface area contributed by atoms with Crippen molar-refractivity contribution in [3.8, 4) is 11.5 Å². The summed E-state index contributed by atoms with van der Waals surface area (Å²) in [6.07, 6.45) is 2.20. The zero-order valence-corrected chi connectivity index (χ0v) is 9.61. The highest BCUT2D eigenvalue weighted by molar-refractivity contribution is 5.42. The average Bonchev–Trinajstić information content (AvgIpc) is 2.49. The van der Waals surface area contributed by atoms with E-state index in [9.17, 15) is 5.11 Å². The van der Waals surface area contributed by atoms with Gasteiger partial charge in [0.2, 0.25) is 0 Å². The van der Waals surface area contributed by atoms with E-state index in [1.165, 1.54) is 0 Å². The zero-order valence-electron chi connectivity index (χ0n) is 9.61. The van der Waals surface area contributed by atoms with Crippen molar-refractivity contribution in [3.63, 3.8) is 0 Å². The highest BCUT2D eigenvalue weighted by atomic mass is 16.5. The molecular formula is C13H18O3. The Balaban J connectivity index is 2.21. The highest BCUT2D eigenvalue weighted by Crippen LogP contribution is 2.34. The first-order valence-electron chi connectivity index (χ1n) is 5.89. The fourth-order valence-corrected chi connectivity index (χ4v) is 1.84. The molecular weight excluding hydrogens is 204 g/mol. The van der Waals surface area contributed by atoms with Gasteiger partial charge in [-0.05, 0) is 37.5 Å². The summed E-state index contributed by atoms with van der Waals surface area (Å²) in [6.45, 7) is 3.45. The van der Waals surface area contributed by atoms with Crippen LogP contribution in [0, 0.1) is 0 Å². The van der Waals surface area contributed by atoms with Crippen LogP contribution in [0.15, 0.2) is 18.2 Å². The molecule has 16 heavy (non-hydrogen) atoms. The minimum absolute atomic E-state index is 0.428. The van der Waals surface area contributed by atoms with Gasteiger partial charge in [0, 0.05) is 5.56 Å². The van der Waals surface area contributed by atoms with Crippen molar-refractivity contribution in [3.05, 3.63) is 23.8 Å². The lowest BCUT2D eigenvalue weighted by Crippen LogP contribution is -1.99. The topological polar surface area (TPSA) is 38.7 Å². The minimum Gasteiger partial charge on any atom is -0.494 e. The quantitative estimate of drug-likeness (QED) is 0.854. The summed E-state index contributed by atoms with van der Waals surface area (Å²) in [7, 11) is 0. The van der Waals surface area contributed by atoms with Gasteiger partial charge in [0.15, 0.2) is 0 Å². The molecule has 3 nitrogen and oxygen atoms in total. The lowest BCUT2D eigenvalue weighted by atomic mass is 10.0. The monoisotopic (exact) mass is 222 g/mol. The first-order chi connectivity index (χ1) is 7.81. The number of benzene rings is 1. The standard InChI is InChI=1S/C13H18O3/c1-2-7-15-10-5-6-13-11(9-10)12(14)4-3-8-16-13/h5-6,9,12,14H,2-4,7-8H2,1H3. The fraction of sp³-hybridized carbons (Fsp3) is 0.538. The van der Waals surface area contributed by atoms with Crippen LogP contribution in [0.3, 0.4) is 0 Å². The van der Waals surface area contributed by atoms with Gasteiger partial charge >= 0.3 is 0 Å². The lowest BCUT2D eigenvalue weighted by Gasteiger charge is -2.13. The van der Waals surface area contributed by atoms with Gasteiger partial charge in [-0.25, -0.2) is 0 Å². The molecule has 1 aromatic carbocycles. The van der Waals surface area contributed by atoms with Crippen molar-refractivity contribution in [1.29, 1.82) is 0 Å². The molecule has 1 aliphatic heterocycles. The molecule has 0 bridgehead atoms. The van der Waals surface area contributed by atoms with Crippen LogP contribution in [-0.4, -0.2) is 18.3 Å². The number of hydrogen-bond donors (Lipinski definition) is 1. The van der Waals surface area contributed by atoms with Gasteiger partial charge in [0.1, 0.15) is 11.5 Å². The molecule has 1 unspecified atom stereocenters. The number of hydrogen-bond acceptors (Lipinski definition) is 3. The maximum Gasteiger partial charge on any atom is 0.125 e. The van der Waals surface area contributed by atoms with E-state index in [2.05, 4.69) is 6.92 Å². The third-order valence-electron chi connectivity index (χ3n) is 2.69. The largest absolute Gasteiger partial charge is 0.494 e. The van der Waals surface area contributed by atoms with Gasteiger partial charge in [-0.1, -0.05) is 6.92 Å². The first kappa shape index (κ1) is 11.3. The Morgan fingerprint density at radius 2 is 2.38 bits per heavy atom. The Hall–Kier alpha value is -1.22. The number of ether oxygens (including phenoxy) is 2. The molecule has 1 aliphatic rings. The predicted molar refractivity (Wildman–Crippen MR) is 61.9 cm³/mol. The molecule has 1 aromatic rings. The molecule has 1 atom stereocenters. The Bertz CT molecular complexity index is 349. The number of aliphatic hydroxyl groups is 1. The van der Waals surface area contributed by atoms with Gasteiger partial charge < -0.3 is 14.6 Å². The normalized spacial score (nSPS) is 19.5. The Morgan fingerprint density at radius 1 is 1.50 bits per heavy atom. The Labute approximate surface area is 96.0 Å². The molecule has 2 rings (SSSR count). The lowest BCUT2D eigenvalue weighted by molar-refractivity contribution is 0.167. The fourth-order valence-electron chi connectivity index (χ4n) is 1.84. The highest BCUT2D eigenvalue weighted by Gasteiger charge is 2.18. The minimum atomic E-state index is -0.428. The van der Waals surface area contributed by atoms with E-state index in [0.29, 0.717) is 13.2 Å². The van der Waals surface area contributed by atoms with Crippen LogP contribution >= 0.6 is 0 Å². The van der Waals surface area contributed by atoms with Crippen LogP contribution in [0.1, 0.15) is 37.9 Å². The van der Waals surface area contributed by atoms with E-state index in [1.807, 2.05) is 18.2 Å². The molecule has 1 heterocycles. The molecule has 0 saturated carbocycles. The molecule has 0 radical (unpaired) electrons. The molecule has 3 heteroatoms. The maximum atomic E-state index is 9.96. The van der Waals surface area contributed by atoms with Crippen LogP contribution in [0.2, 0.25) is 0 Å². The Morgan fingerprint density at radius 3 is 3.19 bits per heavy atom. The van der Waals surface area contributed by atoms with E-state index in [0.717, 1.165) is 36.3 Å². The smallest absolute Gasteiger partial charge is 0.125 e. The van der Waals surface area contributed by atoms with Gasteiger partial charge in [-0.15, -0.1) is 0 Å². The second-order valence-electron chi connectivity index (χ2n) is 4.05. The summed E-state index contributed by atoms with van der Waals surface area (Å²) in [5.74, 6) is 1.60. The third-order valence-corrected chi connectivity index (χ3v) is 2.69. The van der Waals surface area contributed by atoms with Crippen molar-refractivity contribution in [2.45, 2.75) is 32.3 Å². The molecule has 0 saturated heterocycles. The SMILES string of the molecule is CCCOc1ccc2c(c1)C(O)CCCO2. The van der Waals surface area contributed by atoms with E-state index in [-0.39, 0.29) is 0 Å². The average molecular weight is 222 g/mol. The number of fused-ring (bicyclic) bond motifs is 1. The van der Waals surface area contributed by atoms with Gasteiger partial charge in [-0.3, -0.25) is 0 Å². The predicted octanol–water partition coefficient (Wildman–Crippen LogP) is 2.68. The number of aliphatic hydroxyl groups excluding tert-OH is 1. The van der Waals surface area contributed by atoms with E-state index >= 15 is 0 Å². The van der Waals surface area contributed by atoms with Crippen LogP contribution in [0.4, 0.5) is 0 Å². The summed E-state index contributed by atoms with van der Waals surface area (Å²) in [4.78, 5) is 0. The summed E-state index contributed by atoms with van der Waals surface area (Å²) in [5.41, 5.74) is 0.853. The van der Waals surface area contributed by atoms with Gasteiger partial charge in [-0.2, -0.15) is 0 Å². The van der Waals surface area contributed by atoms with Crippen molar-refractivity contribution < 1.29 is 14.6 Å². The van der Waals surface area contributed by atoms with Crippen LogP contribution < -0.4 is 9.47 Å². The summed E-state index contributed by atoms with van der Waals surface area (Å²) in [5, 5.41) is 9.96. The summed E-state index contributed by atoms with van der Waals surface area (Å²) >= 11 is 0. The van der Waals surface area contributed by atoms with E-state index < -0.39 is 6.10 Å². The molecule has 0 aromatic heterocycles. The summed E-state index contributed by atoms with van der Waals surface area (Å²) < 4.78 is 11.1. The van der Waals surface area contributed by atoms with Crippen LogP contribution in [0.25, 0.3) is 0 Å². The van der Waals surface area contributed by atoms with E-state index in [1.54, 1.807) is 0 Å². The van der Waals surface area contributed by atoms with Crippen molar-refractivity contribution in [2.75, 3.05) is 13.2 Å². The first-order valence-corrected chi connectivity index (χ1v) is 5.89. The molecule has 88 valence electrons. The zero-order chi connectivity index (χ0) is 11.4. The van der Waals surface area contributed by atoms with Crippen molar-refractivity contribution in [2.24, 2.45) is 0 Å². The Kier molecular flexibility index (Phi) is 3.67. The second kappa shape index (κ2) is 5.21. The van der Waals surface area contributed by atoms with E-state index in [4.69, 9.17) is 9.47 Å². The van der Waals surface area contributed by atoms with Crippen molar-refractivity contribution in [1.82, 2.24) is 0 Å². The molecule has 0 amide bonds. The maximum absolute atomic E-state index is 9.96. The molecule has 0 aliphatic carbocycles. The number of rotatable bonds is 3. The second-order valence-corrected chi connectivity index (χ2v) is 4.05. The van der Waals surface area contributed by atoms with Crippen LogP contribution in [0.5, 0.6) is 11.5 Å². The van der Waals surface area contributed by atoms with Gasteiger partial charge in [0.25, 0.3) is 0 Å². The van der Waals surface area contributed by atoms with Crippen LogP contribution in [-0.2, 0) is 0 Å². The molecule has 1 N–H and O–H groups in total.